The molecule has 2 aromatic rings. The molecule has 0 unspecified atom stereocenters. The number of hydrogen-bond acceptors (Lipinski definition) is 3. The molecule has 1 atom stereocenters. The van der Waals surface area contributed by atoms with Gasteiger partial charge in [-0.25, -0.2) is 12.8 Å². The number of sulfonamides is 1. The predicted octanol–water partition coefficient (Wildman–Crippen LogP) is 0.449. The van der Waals surface area contributed by atoms with E-state index >= 15 is 0 Å². The van der Waals surface area contributed by atoms with Crippen molar-refractivity contribution in [2.24, 2.45) is 0 Å². The molecule has 2 N–H and O–H groups in total. The molecular weight excluding hydrogens is 343 g/mol. The Labute approximate surface area is 147 Å². The SMILES string of the molecule is O=S(=O)(c1ccc(F)cc1)N1CC[NH+](C[C@H](O)c2ccccc2)CC1. The van der Waals surface area contributed by atoms with Crippen molar-refractivity contribution < 1.29 is 22.8 Å². The molecule has 5 nitrogen and oxygen atoms in total. The maximum absolute atomic E-state index is 13.0. The van der Waals surface area contributed by atoms with Gasteiger partial charge in [-0.15, -0.1) is 0 Å². The third kappa shape index (κ3) is 4.24. The lowest BCUT2D eigenvalue weighted by Gasteiger charge is -2.32. The number of benzene rings is 2. The van der Waals surface area contributed by atoms with Gasteiger partial charge in [0.05, 0.1) is 31.1 Å². The fourth-order valence-corrected chi connectivity index (χ4v) is 4.51. The zero-order valence-electron chi connectivity index (χ0n) is 13.8. The monoisotopic (exact) mass is 365 g/mol. The van der Waals surface area contributed by atoms with E-state index < -0.39 is 21.9 Å². The second-order valence-electron chi connectivity index (χ2n) is 6.24. The average molecular weight is 365 g/mol. The van der Waals surface area contributed by atoms with Crippen LogP contribution in [0.1, 0.15) is 11.7 Å². The van der Waals surface area contributed by atoms with Gasteiger partial charge >= 0.3 is 0 Å². The van der Waals surface area contributed by atoms with Crippen molar-refractivity contribution >= 4 is 10.0 Å². The van der Waals surface area contributed by atoms with E-state index in [4.69, 9.17) is 0 Å². The van der Waals surface area contributed by atoms with Gasteiger partial charge in [-0.05, 0) is 29.8 Å². The van der Waals surface area contributed by atoms with Crippen LogP contribution in [0.4, 0.5) is 4.39 Å². The van der Waals surface area contributed by atoms with Crippen LogP contribution in [0.2, 0.25) is 0 Å². The van der Waals surface area contributed by atoms with Gasteiger partial charge in [0.25, 0.3) is 0 Å². The molecule has 134 valence electrons. The summed E-state index contributed by atoms with van der Waals surface area (Å²) < 4.78 is 39.6. The first-order chi connectivity index (χ1) is 12.0. The van der Waals surface area contributed by atoms with Crippen molar-refractivity contribution in [1.82, 2.24) is 4.31 Å². The lowest BCUT2D eigenvalue weighted by atomic mass is 10.1. The molecule has 1 saturated heterocycles. The van der Waals surface area contributed by atoms with Crippen LogP contribution in [0.15, 0.2) is 59.5 Å². The standard InChI is InChI=1S/C18H21FN2O3S/c19-16-6-8-17(9-7-16)25(23,24)21-12-10-20(11-13-21)14-18(22)15-4-2-1-3-5-15/h1-9,18,22H,10-14H2/p+1/t18-/m0/s1. The molecule has 1 fully saturated rings. The maximum atomic E-state index is 13.0. The highest BCUT2D eigenvalue weighted by molar-refractivity contribution is 7.89. The number of aliphatic hydroxyl groups is 1. The number of aliphatic hydroxyl groups excluding tert-OH is 1. The summed E-state index contributed by atoms with van der Waals surface area (Å²) in [5, 5.41) is 10.3. The summed E-state index contributed by atoms with van der Waals surface area (Å²) in [7, 11) is -3.59. The third-order valence-electron chi connectivity index (χ3n) is 4.55. The minimum Gasteiger partial charge on any atom is -0.382 e. The molecule has 0 saturated carbocycles. The summed E-state index contributed by atoms with van der Waals surface area (Å²) in [5.74, 6) is -0.455. The lowest BCUT2D eigenvalue weighted by molar-refractivity contribution is -0.907. The van der Waals surface area contributed by atoms with Crippen molar-refractivity contribution in [3.63, 3.8) is 0 Å². The van der Waals surface area contributed by atoms with E-state index in [1.54, 1.807) is 0 Å². The molecule has 3 rings (SSSR count). The molecule has 0 radical (unpaired) electrons. The van der Waals surface area contributed by atoms with Gasteiger partial charge in [-0.2, -0.15) is 4.31 Å². The Hall–Kier alpha value is -1.80. The van der Waals surface area contributed by atoms with Crippen molar-refractivity contribution in [3.05, 3.63) is 66.0 Å². The Balaban J connectivity index is 1.59. The maximum Gasteiger partial charge on any atom is 0.243 e. The second-order valence-corrected chi connectivity index (χ2v) is 8.18. The molecule has 2 aromatic carbocycles. The molecule has 0 bridgehead atoms. The molecular formula is C18H22FN2O3S+. The highest BCUT2D eigenvalue weighted by atomic mass is 32.2. The van der Waals surface area contributed by atoms with E-state index in [-0.39, 0.29) is 4.90 Å². The van der Waals surface area contributed by atoms with E-state index in [0.717, 1.165) is 17.7 Å². The molecule has 1 aliphatic heterocycles. The molecule has 0 amide bonds. The molecule has 1 aliphatic rings. The Morgan fingerprint density at radius 1 is 1.04 bits per heavy atom. The molecule has 25 heavy (non-hydrogen) atoms. The largest absolute Gasteiger partial charge is 0.382 e. The first-order valence-electron chi connectivity index (χ1n) is 8.29. The highest BCUT2D eigenvalue weighted by Gasteiger charge is 2.31. The number of hydrogen-bond donors (Lipinski definition) is 2. The van der Waals surface area contributed by atoms with Gasteiger partial charge in [-0.3, -0.25) is 0 Å². The van der Waals surface area contributed by atoms with E-state index in [1.807, 2.05) is 30.3 Å². The minimum absolute atomic E-state index is 0.113. The summed E-state index contributed by atoms with van der Waals surface area (Å²) in [6.45, 7) is 2.58. The summed E-state index contributed by atoms with van der Waals surface area (Å²) in [6.07, 6.45) is -0.559. The number of piperazine rings is 1. The van der Waals surface area contributed by atoms with E-state index in [0.29, 0.717) is 32.7 Å². The van der Waals surface area contributed by atoms with Crippen LogP contribution in [0.3, 0.4) is 0 Å². The topological polar surface area (TPSA) is 62.0 Å². The molecule has 0 aromatic heterocycles. The summed E-state index contributed by atoms with van der Waals surface area (Å²) in [5.41, 5.74) is 0.872. The van der Waals surface area contributed by atoms with Crippen LogP contribution in [-0.2, 0) is 10.0 Å². The van der Waals surface area contributed by atoms with E-state index in [9.17, 15) is 17.9 Å². The van der Waals surface area contributed by atoms with Gasteiger partial charge in [0.2, 0.25) is 10.0 Å². The van der Waals surface area contributed by atoms with Crippen LogP contribution in [0.5, 0.6) is 0 Å². The first-order valence-corrected chi connectivity index (χ1v) is 9.73. The quantitative estimate of drug-likeness (QED) is 0.809. The van der Waals surface area contributed by atoms with Gasteiger partial charge in [0.1, 0.15) is 18.5 Å². The second kappa shape index (κ2) is 7.61. The van der Waals surface area contributed by atoms with Crippen LogP contribution in [0.25, 0.3) is 0 Å². The zero-order valence-corrected chi connectivity index (χ0v) is 14.6. The fraction of sp³-hybridized carbons (Fsp3) is 0.333. The normalized spacial score (nSPS) is 18.2. The summed E-state index contributed by atoms with van der Waals surface area (Å²) in [6, 6.07) is 14.4. The fourth-order valence-electron chi connectivity index (χ4n) is 3.07. The van der Waals surface area contributed by atoms with E-state index in [1.165, 1.54) is 21.3 Å². The van der Waals surface area contributed by atoms with Crippen LogP contribution >= 0.6 is 0 Å². The van der Waals surface area contributed by atoms with Crippen LogP contribution < -0.4 is 4.90 Å². The number of quaternary nitrogens is 1. The van der Waals surface area contributed by atoms with Gasteiger partial charge in [0.15, 0.2) is 0 Å². The number of nitrogens with zero attached hydrogens (tertiary/aromatic N) is 1. The van der Waals surface area contributed by atoms with Gasteiger partial charge < -0.3 is 10.0 Å². The van der Waals surface area contributed by atoms with Crippen LogP contribution in [0, 0.1) is 5.82 Å². The summed E-state index contributed by atoms with van der Waals surface area (Å²) in [4.78, 5) is 1.28. The third-order valence-corrected chi connectivity index (χ3v) is 6.46. The summed E-state index contributed by atoms with van der Waals surface area (Å²) >= 11 is 0. The van der Waals surface area contributed by atoms with Crippen molar-refractivity contribution in [2.45, 2.75) is 11.0 Å². The first kappa shape index (κ1) is 18.0. The lowest BCUT2D eigenvalue weighted by Crippen LogP contribution is -3.15. The van der Waals surface area contributed by atoms with Crippen molar-refractivity contribution in [1.29, 1.82) is 0 Å². The predicted molar refractivity (Wildman–Crippen MR) is 92.1 cm³/mol. The Morgan fingerprint density at radius 2 is 1.64 bits per heavy atom. The molecule has 1 heterocycles. The average Bonchev–Trinajstić information content (AvgIpc) is 2.63. The zero-order chi connectivity index (χ0) is 17.9. The van der Waals surface area contributed by atoms with Crippen LogP contribution in [-0.4, -0.2) is 50.6 Å². The molecule has 7 heteroatoms. The number of halogens is 1. The van der Waals surface area contributed by atoms with Gasteiger partial charge in [0, 0.05) is 0 Å². The Morgan fingerprint density at radius 3 is 2.24 bits per heavy atom. The minimum atomic E-state index is -3.59. The smallest absolute Gasteiger partial charge is 0.243 e. The Bertz CT molecular complexity index is 789. The number of nitrogens with one attached hydrogen (secondary N) is 1. The molecule has 0 spiro atoms. The van der Waals surface area contributed by atoms with E-state index in [2.05, 4.69) is 0 Å². The van der Waals surface area contributed by atoms with Gasteiger partial charge in [-0.1, -0.05) is 30.3 Å². The van der Waals surface area contributed by atoms with Crippen molar-refractivity contribution in [2.75, 3.05) is 32.7 Å². The number of rotatable bonds is 5. The molecule has 0 aliphatic carbocycles. The highest BCUT2D eigenvalue weighted by Crippen LogP contribution is 2.16. The van der Waals surface area contributed by atoms with Crippen molar-refractivity contribution in [3.8, 4) is 0 Å². The Kier molecular flexibility index (Phi) is 5.48.